The van der Waals surface area contributed by atoms with Gasteiger partial charge in [0.25, 0.3) is 0 Å². The van der Waals surface area contributed by atoms with Crippen molar-refractivity contribution in [3.63, 3.8) is 0 Å². The van der Waals surface area contributed by atoms with Crippen LogP contribution in [0.3, 0.4) is 0 Å². The first-order valence-corrected chi connectivity index (χ1v) is 11.7. The summed E-state index contributed by atoms with van der Waals surface area (Å²) in [6.45, 7) is 5.69. The summed E-state index contributed by atoms with van der Waals surface area (Å²) < 4.78 is 6.62. The van der Waals surface area contributed by atoms with E-state index in [2.05, 4.69) is 26.0 Å². The van der Waals surface area contributed by atoms with Crippen molar-refractivity contribution in [2.75, 3.05) is 6.61 Å². The monoisotopic (exact) mass is 366 g/mol. The summed E-state index contributed by atoms with van der Waals surface area (Å²) in [6.07, 6.45) is 15.4. The molecule has 1 aliphatic heterocycles. The molecule has 0 bridgehead atoms. The Labute approximate surface area is 163 Å². The fraction of sp³-hybridized carbons (Fsp3) is 0.800. The Kier molecular flexibility index (Phi) is 3.52. The summed E-state index contributed by atoms with van der Waals surface area (Å²) in [5, 5.41) is 0. The third-order valence-electron chi connectivity index (χ3n) is 10.0. The Morgan fingerprint density at radius 3 is 2.89 bits per heavy atom. The maximum atomic E-state index is 12.1. The van der Waals surface area contributed by atoms with Crippen molar-refractivity contribution in [1.82, 2.24) is 0 Å². The van der Waals surface area contributed by atoms with Crippen LogP contribution in [-0.4, -0.2) is 18.0 Å². The van der Waals surface area contributed by atoms with Gasteiger partial charge in [-0.2, -0.15) is 0 Å². The van der Waals surface area contributed by atoms with E-state index in [9.17, 15) is 4.79 Å². The molecule has 3 fully saturated rings. The Balaban J connectivity index is 1.45. The molecule has 8 atom stereocenters. The van der Waals surface area contributed by atoms with E-state index in [-0.39, 0.29) is 5.60 Å². The zero-order valence-corrected chi connectivity index (χ0v) is 17.0. The highest BCUT2D eigenvalue weighted by molar-refractivity contribution is 5.82. The van der Waals surface area contributed by atoms with E-state index in [0.29, 0.717) is 11.2 Å². The van der Waals surface area contributed by atoms with E-state index in [1.54, 1.807) is 11.1 Å². The highest BCUT2D eigenvalue weighted by atomic mass is 16.5. The quantitative estimate of drug-likeness (QED) is 0.605. The maximum absolute atomic E-state index is 12.1. The number of Topliss-reactive ketones (excluding diaryl/α,β-unsaturated/α-hetero) is 1. The molecular formula is C25H34O2. The first-order chi connectivity index (χ1) is 13.1. The van der Waals surface area contributed by atoms with E-state index >= 15 is 0 Å². The number of carbonyl (C=O) groups excluding carboxylic acids is 1. The first kappa shape index (κ1) is 17.0. The minimum atomic E-state index is 0.0670. The van der Waals surface area contributed by atoms with Crippen LogP contribution in [0, 0.1) is 40.9 Å². The predicted molar refractivity (Wildman–Crippen MR) is 106 cm³/mol. The third-order valence-corrected chi connectivity index (χ3v) is 10.0. The second kappa shape index (κ2) is 5.59. The van der Waals surface area contributed by atoms with Crippen LogP contribution in [0.1, 0.15) is 71.6 Å². The molecule has 3 saturated carbocycles. The van der Waals surface area contributed by atoms with E-state index in [0.717, 1.165) is 61.4 Å². The third kappa shape index (κ3) is 1.94. The van der Waals surface area contributed by atoms with Gasteiger partial charge < -0.3 is 4.74 Å². The standard InChI is InChI=1S/C25H34O2/c1-3-15-12-16-13-17(26)6-7-18(16)19-8-10-24(4-2)23(22(15)19)20-14-21(20)25(24)9-5-11-27-25/h5,9,15,19-23H,3-4,6-8,10-14H2,1-2H3/t15-,19+,20+,21-,22+,23-,24-,25-/m0/s1. The smallest absolute Gasteiger partial charge is 0.137 e. The van der Waals surface area contributed by atoms with Crippen LogP contribution < -0.4 is 0 Å². The largest absolute Gasteiger partial charge is 0.366 e. The number of allylic oxidation sites excluding steroid dienone is 2. The van der Waals surface area contributed by atoms with Crippen LogP contribution in [0.2, 0.25) is 0 Å². The normalized spacial score (nSPS) is 52.6. The van der Waals surface area contributed by atoms with E-state index < -0.39 is 0 Å². The molecule has 1 heterocycles. The number of fused-ring (bicyclic) bond motifs is 8. The molecule has 146 valence electrons. The minimum Gasteiger partial charge on any atom is -0.366 e. The van der Waals surface area contributed by atoms with Crippen molar-refractivity contribution >= 4 is 5.78 Å². The van der Waals surface area contributed by atoms with Crippen LogP contribution in [0.5, 0.6) is 0 Å². The molecule has 6 rings (SSSR count). The van der Waals surface area contributed by atoms with Gasteiger partial charge in [-0.25, -0.2) is 0 Å². The van der Waals surface area contributed by atoms with E-state index in [4.69, 9.17) is 4.74 Å². The van der Waals surface area contributed by atoms with Crippen molar-refractivity contribution < 1.29 is 9.53 Å². The number of hydrogen-bond acceptors (Lipinski definition) is 2. The molecule has 6 aliphatic rings. The summed E-state index contributed by atoms with van der Waals surface area (Å²) >= 11 is 0. The van der Waals surface area contributed by atoms with Crippen LogP contribution in [0.25, 0.3) is 0 Å². The minimum absolute atomic E-state index is 0.0670. The van der Waals surface area contributed by atoms with E-state index in [1.165, 1.54) is 38.5 Å². The van der Waals surface area contributed by atoms with Gasteiger partial charge >= 0.3 is 0 Å². The highest BCUT2D eigenvalue weighted by Gasteiger charge is 2.77. The van der Waals surface area contributed by atoms with Crippen molar-refractivity contribution in [2.45, 2.75) is 77.2 Å². The maximum Gasteiger partial charge on any atom is 0.137 e. The lowest BCUT2D eigenvalue weighted by Gasteiger charge is -2.59. The molecule has 0 saturated heterocycles. The van der Waals surface area contributed by atoms with Gasteiger partial charge in [-0.05, 0) is 74.0 Å². The average Bonchev–Trinajstić information content (AvgIpc) is 3.26. The van der Waals surface area contributed by atoms with Crippen LogP contribution in [0.4, 0.5) is 0 Å². The molecule has 5 aliphatic carbocycles. The fourth-order valence-corrected chi connectivity index (χ4v) is 9.14. The lowest BCUT2D eigenvalue weighted by Crippen LogP contribution is -2.56. The molecule has 0 aromatic rings. The molecule has 2 heteroatoms. The van der Waals surface area contributed by atoms with Crippen LogP contribution >= 0.6 is 0 Å². The van der Waals surface area contributed by atoms with E-state index in [1.807, 2.05) is 0 Å². The Morgan fingerprint density at radius 1 is 1.26 bits per heavy atom. The molecule has 0 N–H and O–H groups in total. The topological polar surface area (TPSA) is 26.3 Å². The zero-order chi connectivity index (χ0) is 18.4. The second-order valence-corrected chi connectivity index (χ2v) is 10.5. The van der Waals surface area contributed by atoms with Gasteiger partial charge in [-0.15, -0.1) is 0 Å². The molecule has 1 spiro atoms. The number of hydrogen-bond donors (Lipinski definition) is 0. The lowest BCUT2D eigenvalue weighted by molar-refractivity contribution is -0.141. The fourth-order valence-electron chi connectivity index (χ4n) is 9.14. The molecular weight excluding hydrogens is 332 g/mol. The molecule has 0 radical (unpaired) electrons. The summed E-state index contributed by atoms with van der Waals surface area (Å²) in [5.74, 6) is 5.46. The van der Waals surface area contributed by atoms with Crippen molar-refractivity contribution in [1.29, 1.82) is 0 Å². The van der Waals surface area contributed by atoms with Gasteiger partial charge in [0.05, 0.1) is 12.2 Å². The van der Waals surface area contributed by atoms with Crippen molar-refractivity contribution in [2.24, 2.45) is 40.9 Å². The SMILES string of the molecule is CC[C@H]1CC2=C(CCC(=O)C2)[C@H]2CC[C@@]3(CC)[C@@H]([C@@H]4C[C@@H]4[C@@]34C=CCO4)[C@H]12. The van der Waals surface area contributed by atoms with Gasteiger partial charge in [-0.3, -0.25) is 4.79 Å². The molecule has 0 amide bonds. The van der Waals surface area contributed by atoms with Crippen molar-refractivity contribution in [3.8, 4) is 0 Å². The van der Waals surface area contributed by atoms with Crippen LogP contribution in [0.15, 0.2) is 23.3 Å². The average molecular weight is 367 g/mol. The number of rotatable bonds is 2. The zero-order valence-electron chi connectivity index (χ0n) is 17.0. The van der Waals surface area contributed by atoms with Crippen LogP contribution in [-0.2, 0) is 9.53 Å². The Morgan fingerprint density at radius 2 is 2.15 bits per heavy atom. The summed E-state index contributed by atoms with van der Waals surface area (Å²) in [6, 6.07) is 0. The number of carbonyl (C=O) groups is 1. The lowest BCUT2D eigenvalue weighted by atomic mass is 9.47. The number of ether oxygens (including phenoxy) is 1. The molecule has 0 unspecified atom stereocenters. The van der Waals surface area contributed by atoms with Gasteiger partial charge in [-0.1, -0.05) is 43.6 Å². The predicted octanol–water partition coefficient (Wildman–Crippen LogP) is 5.48. The molecule has 27 heavy (non-hydrogen) atoms. The van der Waals surface area contributed by atoms with Gasteiger partial charge in [0.1, 0.15) is 5.78 Å². The van der Waals surface area contributed by atoms with Gasteiger partial charge in [0, 0.05) is 18.3 Å². The molecule has 0 aromatic carbocycles. The summed E-state index contributed by atoms with van der Waals surface area (Å²) in [7, 11) is 0. The summed E-state index contributed by atoms with van der Waals surface area (Å²) in [4.78, 5) is 12.1. The number of ketones is 1. The Hall–Kier alpha value is -0.890. The second-order valence-electron chi connectivity index (χ2n) is 10.5. The highest BCUT2D eigenvalue weighted by Crippen LogP contribution is 2.78. The molecule has 2 nitrogen and oxygen atoms in total. The van der Waals surface area contributed by atoms with Gasteiger partial charge in [0.15, 0.2) is 0 Å². The van der Waals surface area contributed by atoms with Gasteiger partial charge in [0.2, 0.25) is 0 Å². The summed E-state index contributed by atoms with van der Waals surface area (Å²) in [5.41, 5.74) is 3.76. The van der Waals surface area contributed by atoms with Crippen molar-refractivity contribution in [3.05, 3.63) is 23.3 Å². The molecule has 0 aromatic heterocycles. The first-order valence-electron chi connectivity index (χ1n) is 11.7. The Bertz CT molecular complexity index is 747.